The standard InChI is InChI=1S/C9H15N3O3/c1-6(11-5-13)9(15)12-4-2-3-7(12)8(10)14/h5-7H,2-4H2,1H3,(H2,10,14)(H,11,13). The van der Waals surface area contributed by atoms with Crippen LogP contribution in [0, 0.1) is 0 Å². The van der Waals surface area contributed by atoms with Gasteiger partial charge in [-0.25, -0.2) is 0 Å². The molecule has 0 aromatic rings. The van der Waals surface area contributed by atoms with E-state index in [4.69, 9.17) is 5.73 Å². The zero-order valence-electron chi connectivity index (χ0n) is 8.60. The van der Waals surface area contributed by atoms with Gasteiger partial charge in [0.05, 0.1) is 0 Å². The highest BCUT2D eigenvalue weighted by molar-refractivity contribution is 5.90. The van der Waals surface area contributed by atoms with Gasteiger partial charge in [0.15, 0.2) is 0 Å². The first-order chi connectivity index (χ1) is 7.07. The molecule has 1 heterocycles. The largest absolute Gasteiger partial charge is 0.368 e. The Hall–Kier alpha value is -1.59. The van der Waals surface area contributed by atoms with E-state index in [1.807, 2.05) is 0 Å². The maximum atomic E-state index is 11.7. The van der Waals surface area contributed by atoms with E-state index in [9.17, 15) is 14.4 Å². The maximum Gasteiger partial charge on any atom is 0.245 e. The number of carbonyl (C=O) groups is 3. The van der Waals surface area contributed by atoms with E-state index < -0.39 is 18.0 Å². The molecule has 0 aromatic heterocycles. The van der Waals surface area contributed by atoms with Crippen molar-refractivity contribution in [3.8, 4) is 0 Å². The normalized spacial score (nSPS) is 22.2. The van der Waals surface area contributed by atoms with Gasteiger partial charge < -0.3 is 16.0 Å². The van der Waals surface area contributed by atoms with E-state index in [1.165, 1.54) is 4.90 Å². The Bertz CT molecular complexity index is 280. The molecule has 1 fully saturated rings. The minimum absolute atomic E-state index is 0.261. The number of nitrogens with one attached hydrogen (secondary N) is 1. The van der Waals surface area contributed by atoms with Gasteiger partial charge in [-0.05, 0) is 19.8 Å². The van der Waals surface area contributed by atoms with Crippen LogP contribution in [0.3, 0.4) is 0 Å². The fraction of sp³-hybridized carbons (Fsp3) is 0.667. The van der Waals surface area contributed by atoms with Gasteiger partial charge in [-0.3, -0.25) is 14.4 Å². The predicted octanol–water partition coefficient (Wildman–Crippen LogP) is -1.40. The first-order valence-corrected chi connectivity index (χ1v) is 4.87. The van der Waals surface area contributed by atoms with Gasteiger partial charge in [0.25, 0.3) is 0 Å². The van der Waals surface area contributed by atoms with E-state index in [0.29, 0.717) is 19.4 Å². The molecular weight excluding hydrogens is 198 g/mol. The average molecular weight is 213 g/mol. The second-order valence-corrected chi connectivity index (χ2v) is 3.60. The molecule has 0 bridgehead atoms. The minimum atomic E-state index is -0.609. The lowest BCUT2D eigenvalue weighted by Gasteiger charge is -2.25. The Morgan fingerprint density at radius 1 is 1.60 bits per heavy atom. The highest BCUT2D eigenvalue weighted by Gasteiger charge is 2.34. The molecule has 0 saturated carbocycles. The maximum absolute atomic E-state index is 11.7. The summed E-state index contributed by atoms with van der Waals surface area (Å²) in [7, 11) is 0. The second kappa shape index (κ2) is 4.77. The number of nitrogens with zero attached hydrogens (tertiary/aromatic N) is 1. The molecule has 1 aliphatic rings. The first-order valence-electron chi connectivity index (χ1n) is 4.87. The van der Waals surface area contributed by atoms with E-state index in [0.717, 1.165) is 6.42 Å². The molecule has 1 aliphatic heterocycles. The average Bonchev–Trinajstić information content (AvgIpc) is 2.65. The lowest BCUT2D eigenvalue weighted by molar-refractivity contribution is -0.139. The van der Waals surface area contributed by atoms with Crippen LogP contribution in [0.15, 0.2) is 0 Å². The van der Waals surface area contributed by atoms with Gasteiger partial charge in [-0.15, -0.1) is 0 Å². The molecule has 6 nitrogen and oxygen atoms in total. The van der Waals surface area contributed by atoms with Crippen LogP contribution in [-0.2, 0) is 14.4 Å². The number of hydrogen-bond donors (Lipinski definition) is 2. The summed E-state index contributed by atoms with van der Waals surface area (Å²) in [4.78, 5) is 34.4. The van der Waals surface area contributed by atoms with Crippen molar-refractivity contribution >= 4 is 18.2 Å². The second-order valence-electron chi connectivity index (χ2n) is 3.60. The summed E-state index contributed by atoms with van der Waals surface area (Å²) in [5.74, 6) is -0.748. The molecule has 15 heavy (non-hydrogen) atoms. The molecule has 0 aromatic carbocycles. The smallest absolute Gasteiger partial charge is 0.245 e. The third-order valence-electron chi connectivity index (χ3n) is 2.55. The predicted molar refractivity (Wildman–Crippen MR) is 52.6 cm³/mol. The van der Waals surface area contributed by atoms with Gasteiger partial charge in [0, 0.05) is 6.54 Å². The number of amides is 3. The topological polar surface area (TPSA) is 92.5 Å². The summed E-state index contributed by atoms with van der Waals surface area (Å²) in [6.07, 6.45) is 1.85. The molecule has 2 unspecified atom stereocenters. The zero-order valence-corrected chi connectivity index (χ0v) is 8.60. The van der Waals surface area contributed by atoms with E-state index in [2.05, 4.69) is 5.32 Å². The van der Waals surface area contributed by atoms with Crippen molar-refractivity contribution in [1.82, 2.24) is 10.2 Å². The Labute approximate surface area is 87.8 Å². The molecule has 2 atom stereocenters. The van der Waals surface area contributed by atoms with Crippen molar-refractivity contribution in [3.05, 3.63) is 0 Å². The molecule has 0 aliphatic carbocycles. The number of hydrogen-bond acceptors (Lipinski definition) is 3. The summed E-state index contributed by atoms with van der Waals surface area (Å²) in [5, 5.41) is 2.36. The van der Waals surface area contributed by atoms with Gasteiger partial charge in [0.2, 0.25) is 18.2 Å². The SMILES string of the molecule is CC(NC=O)C(=O)N1CCCC1C(N)=O. The Balaban J connectivity index is 2.65. The molecule has 84 valence electrons. The van der Waals surface area contributed by atoms with Crippen LogP contribution in [0.1, 0.15) is 19.8 Å². The molecule has 3 amide bonds. The Morgan fingerprint density at radius 3 is 2.80 bits per heavy atom. The summed E-state index contributed by atoms with van der Waals surface area (Å²) in [6.45, 7) is 2.10. The van der Waals surface area contributed by atoms with Gasteiger partial charge in [0.1, 0.15) is 12.1 Å². The van der Waals surface area contributed by atoms with E-state index in [-0.39, 0.29) is 5.91 Å². The molecule has 6 heteroatoms. The van der Waals surface area contributed by atoms with E-state index >= 15 is 0 Å². The van der Waals surface area contributed by atoms with Crippen molar-refractivity contribution in [1.29, 1.82) is 0 Å². The fourth-order valence-corrected chi connectivity index (χ4v) is 1.75. The van der Waals surface area contributed by atoms with Crippen molar-refractivity contribution in [2.75, 3.05) is 6.54 Å². The number of primary amides is 1. The third-order valence-corrected chi connectivity index (χ3v) is 2.55. The van der Waals surface area contributed by atoms with Crippen molar-refractivity contribution in [3.63, 3.8) is 0 Å². The van der Waals surface area contributed by atoms with Crippen molar-refractivity contribution < 1.29 is 14.4 Å². The molecule has 3 N–H and O–H groups in total. The van der Waals surface area contributed by atoms with Crippen LogP contribution in [-0.4, -0.2) is 41.8 Å². The summed E-state index contributed by atoms with van der Waals surface area (Å²) in [6, 6.07) is -1.13. The van der Waals surface area contributed by atoms with Crippen LogP contribution < -0.4 is 11.1 Å². The van der Waals surface area contributed by atoms with Gasteiger partial charge >= 0.3 is 0 Å². The minimum Gasteiger partial charge on any atom is -0.368 e. The van der Waals surface area contributed by atoms with E-state index in [1.54, 1.807) is 6.92 Å². The highest BCUT2D eigenvalue weighted by atomic mass is 16.2. The summed E-state index contributed by atoms with van der Waals surface area (Å²) >= 11 is 0. The Morgan fingerprint density at radius 2 is 2.27 bits per heavy atom. The van der Waals surface area contributed by atoms with Crippen molar-refractivity contribution in [2.24, 2.45) is 5.73 Å². The number of nitrogens with two attached hydrogens (primary N) is 1. The molecule has 1 rings (SSSR count). The van der Waals surface area contributed by atoms with Crippen LogP contribution >= 0.6 is 0 Å². The lowest BCUT2D eigenvalue weighted by atomic mass is 10.2. The van der Waals surface area contributed by atoms with Gasteiger partial charge in [-0.1, -0.05) is 0 Å². The monoisotopic (exact) mass is 213 g/mol. The number of rotatable bonds is 4. The van der Waals surface area contributed by atoms with Crippen LogP contribution in [0.25, 0.3) is 0 Å². The number of likely N-dealkylation sites (tertiary alicyclic amines) is 1. The molecule has 0 radical (unpaired) electrons. The summed E-state index contributed by atoms with van der Waals surface area (Å²) in [5.41, 5.74) is 5.18. The number of carbonyl (C=O) groups excluding carboxylic acids is 3. The lowest BCUT2D eigenvalue weighted by Crippen LogP contribution is -2.50. The fourth-order valence-electron chi connectivity index (χ4n) is 1.75. The third kappa shape index (κ3) is 2.45. The van der Waals surface area contributed by atoms with Crippen LogP contribution in [0.4, 0.5) is 0 Å². The molecular formula is C9H15N3O3. The molecule has 0 spiro atoms. The van der Waals surface area contributed by atoms with Gasteiger partial charge in [-0.2, -0.15) is 0 Å². The highest BCUT2D eigenvalue weighted by Crippen LogP contribution is 2.17. The first kappa shape index (κ1) is 11.5. The van der Waals surface area contributed by atoms with Crippen molar-refractivity contribution in [2.45, 2.75) is 31.8 Å². The Kier molecular flexibility index (Phi) is 3.65. The van der Waals surface area contributed by atoms with Crippen LogP contribution in [0.2, 0.25) is 0 Å². The van der Waals surface area contributed by atoms with Crippen LogP contribution in [0.5, 0.6) is 0 Å². The quantitative estimate of drug-likeness (QED) is 0.562. The summed E-state index contributed by atoms with van der Waals surface area (Å²) < 4.78 is 0. The molecule has 1 saturated heterocycles. The zero-order chi connectivity index (χ0) is 11.4.